The predicted octanol–water partition coefficient (Wildman–Crippen LogP) is 40.1. The fourth-order valence-electron chi connectivity index (χ4n) is 25.5. The highest BCUT2D eigenvalue weighted by Crippen LogP contribution is 2.69. The maximum Gasteiger partial charge on any atom is 0.144 e. The van der Waals surface area contributed by atoms with Crippen molar-refractivity contribution in [3.05, 3.63) is 233 Å². The minimum absolute atomic E-state index is 0.119. The molecular weight excluding hydrogens is 1540 g/mol. The van der Waals surface area contributed by atoms with Gasteiger partial charge in [-0.3, -0.25) is 0 Å². The molecule has 0 unspecified atom stereocenters. The van der Waals surface area contributed by atoms with Gasteiger partial charge in [0, 0.05) is 65.8 Å². The summed E-state index contributed by atoms with van der Waals surface area (Å²) in [7, 11) is 0. The van der Waals surface area contributed by atoms with Gasteiger partial charge in [-0.15, -0.1) is 0 Å². The minimum Gasteiger partial charge on any atom is -0.456 e. The van der Waals surface area contributed by atoms with Gasteiger partial charge in [0.15, 0.2) is 0 Å². The Balaban J connectivity index is 0.952. The zero-order valence-corrected chi connectivity index (χ0v) is 80.4. The summed E-state index contributed by atoms with van der Waals surface area (Å²) in [5, 5.41) is 5.24. The summed E-state index contributed by atoms with van der Waals surface area (Å²) >= 11 is 0. The van der Waals surface area contributed by atoms with Gasteiger partial charge in [-0.1, -0.05) is 459 Å². The molecule has 0 fully saturated rings. The molecule has 16 rings (SSSR count). The molecule has 4 aliphatic carbocycles. The van der Waals surface area contributed by atoms with E-state index in [-0.39, 0.29) is 21.7 Å². The lowest BCUT2D eigenvalue weighted by atomic mass is 9.62. The van der Waals surface area contributed by atoms with Crippen LogP contribution < -0.4 is 4.90 Å². The van der Waals surface area contributed by atoms with Gasteiger partial charge >= 0.3 is 0 Å². The Hall–Kier alpha value is -8.40. The molecule has 10 aromatic carbocycles. The summed E-state index contributed by atoms with van der Waals surface area (Å²) in [6.07, 6.45) is 65.5. The van der Waals surface area contributed by atoms with Crippen molar-refractivity contribution in [1.82, 2.24) is 0 Å². The number of nitrogens with zero attached hydrogens (tertiary/aromatic N) is 1. The van der Waals surface area contributed by atoms with Crippen molar-refractivity contribution >= 4 is 60.9 Å². The number of para-hydroxylation sites is 2. The highest BCUT2D eigenvalue weighted by Gasteiger charge is 2.55. The van der Waals surface area contributed by atoms with Crippen molar-refractivity contribution in [3.63, 3.8) is 0 Å². The first-order valence-corrected chi connectivity index (χ1v) is 53.2. The second-order valence-electron chi connectivity index (χ2n) is 40.5. The Morgan fingerprint density at radius 1 is 0.213 bits per heavy atom. The maximum absolute atomic E-state index is 7.82. The average Bonchev–Trinajstić information content (AvgIpc) is 1.49. The zero-order chi connectivity index (χ0) is 87.4. The van der Waals surface area contributed by atoms with Gasteiger partial charge < -0.3 is 13.7 Å². The third kappa shape index (κ3) is 18.7. The van der Waals surface area contributed by atoms with Crippen molar-refractivity contribution in [2.75, 3.05) is 4.90 Å². The first kappa shape index (κ1) is 91.9. The van der Waals surface area contributed by atoms with E-state index in [1.807, 2.05) is 0 Å². The third-order valence-electron chi connectivity index (χ3n) is 32.0. The van der Waals surface area contributed by atoms with Crippen molar-refractivity contribution in [2.45, 2.75) is 411 Å². The maximum atomic E-state index is 7.82. The number of benzene rings is 10. The number of anilines is 3. The monoisotopic (exact) mass is 1690 g/mol. The van der Waals surface area contributed by atoms with Crippen LogP contribution in [0.2, 0.25) is 0 Å². The number of hydrogen-bond acceptors (Lipinski definition) is 3. The van der Waals surface area contributed by atoms with Crippen molar-refractivity contribution in [1.29, 1.82) is 0 Å². The summed E-state index contributed by atoms with van der Waals surface area (Å²) in [6, 6.07) is 76.4. The molecule has 0 saturated carbocycles. The molecular formula is C124H159NO2. The minimum atomic E-state index is -0.285. The zero-order valence-electron chi connectivity index (χ0n) is 80.4. The number of fused-ring (bicyclic) bond motifs is 22. The number of rotatable bonds is 56. The van der Waals surface area contributed by atoms with Crippen LogP contribution in [0.4, 0.5) is 17.1 Å². The van der Waals surface area contributed by atoms with Crippen LogP contribution in [-0.2, 0) is 21.7 Å². The van der Waals surface area contributed by atoms with Gasteiger partial charge in [0.25, 0.3) is 0 Å². The molecule has 4 aliphatic rings. The first-order chi connectivity index (χ1) is 62.7. The summed E-state index contributed by atoms with van der Waals surface area (Å²) in [5.41, 5.74) is 34.4. The molecule has 12 aromatic rings. The fourth-order valence-corrected chi connectivity index (χ4v) is 25.5. The van der Waals surface area contributed by atoms with Crippen LogP contribution in [0.25, 0.3) is 99.5 Å². The quantitative estimate of drug-likeness (QED) is 0.0356. The van der Waals surface area contributed by atoms with Crippen molar-refractivity contribution < 1.29 is 8.83 Å². The lowest BCUT2D eigenvalue weighted by molar-refractivity contribution is 0.369. The smallest absolute Gasteiger partial charge is 0.144 e. The normalized spacial score (nSPS) is 14.5. The van der Waals surface area contributed by atoms with Crippen LogP contribution >= 0.6 is 0 Å². The Labute approximate surface area is 768 Å². The lowest BCUT2D eigenvalue weighted by Crippen LogP contribution is -2.33. The highest BCUT2D eigenvalue weighted by atomic mass is 16.3. The molecule has 0 aliphatic heterocycles. The van der Waals surface area contributed by atoms with Crippen LogP contribution in [0, 0.1) is 0 Å². The van der Waals surface area contributed by atoms with E-state index in [1.165, 1.54) is 402 Å². The second-order valence-corrected chi connectivity index (χ2v) is 40.5. The van der Waals surface area contributed by atoms with Crippen LogP contribution in [-0.4, -0.2) is 0 Å². The van der Waals surface area contributed by atoms with Gasteiger partial charge in [-0.05, 0) is 213 Å². The Bertz CT molecular complexity index is 5480. The van der Waals surface area contributed by atoms with E-state index in [2.05, 4.69) is 248 Å². The molecule has 2 aromatic heterocycles. The van der Waals surface area contributed by atoms with Crippen LogP contribution in [0.3, 0.4) is 0 Å². The molecule has 0 amide bonds. The summed E-state index contributed by atoms with van der Waals surface area (Å²) in [6.45, 7) is 19.1. The largest absolute Gasteiger partial charge is 0.456 e. The number of hydrogen-bond donors (Lipinski definition) is 0. The Kier molecular flexibility index (Phi) is 31.8. The van der Waals surface area contributed by atoms with Gasteiger partial charge in [0.05, 0.1) is 0 Å². The summed E-state index contributed by atoms with van der Waals surface area (Å²) < 4.78 is 14.9. The van der Waals surface area contributed by atoms with E-state index >= 15 is 0 Å². The predicted molar refractivity (Wildman–Crippen MR) is 551 cm³/mol. The molecule has 0 N–H and O–H groups in total. The molecule has 0 bridgehead atoms. The molecule has 2 heterocycles. The molecule has 0 atom stereocenters. The van der Waals surface area contributed by atoms with Crippen LogP contribution in [0.1, 0.15) is 434 Å². The van der Waals surface area contributed by atoms with Gasteiger partial charge in [-0.2, -0.15) is 0 Å². The number of unbranched alkanes of at least 4 members (excludes halogenated alkanes) is 36. The van der Waals surface area contributed by atoms with Gasteiger partial charge in [-0.25, -0.2) is 0 Å². The Morgan fingerprint density at radius 3 is 1.06 bits per heavy atom. The van der Waals surface area contributed by atoms with E-state index < -0.39 is 0 Å². The van der Waals surface area contributed by atoms with E-state index in [0.717, 1.165) is 48.0 Å². The standard InChI is InChI=1S/C124H159NO2/c1-9-17-25-33-41-54-80-121(81-55-42-34-26-18-10-2)105-78-79-112-114(100-65-49-52-68-110(100)126-112)113(105)103-91-108-102(90-109(103)121)97-76-74-95(88-106(97)122(108,82-56-43-35-27-19-11-3)83-57-44-36-28-20-12-4)125(94-72-70-93(71-73-94)92-62-46-45-47-63-92)96-75-77-99-107(89-96)124(86-60-39-31-23-15-7,87-61-40-32-24-16-8)119-117(99)120-116(101-66-50-53-69-111(101)127-120)115-98-64-48-51-67-104(98)123(118(115)119,84-58-37-29-21-13-5)85-59-38-30-22-14-6/h45-53,62-79,88-91H,9-44,54-61,80-87H2,1-8H3. The summed E-state index contributed by atoms with van der Waals surface area (Å²) in [5.74, 6) is 0. The van der Waals surface area contributed by atoms with E-state index in [0.29, 0.717) is 0 Å². The molecule has 0 saturated heterocycles. The van der Waals surface area contributed by atoms with E-state index in [4.69, 9.17) is 8.83 Å². The van der Waals surface area contributed by atoms with Gasteiger partial charge in [0.1, 0.15) is 22.3 Å². The molecule has 3 nitrogen and oxygen atoms in total. The van der Waals surface area contributed by atoms with E-state index in [9.17, 15) is 0 Å². The average molecular weight is 1700 g/mol. The topological polar surface area (TPSA) is 29.5 Å². The fraction of sp³-hybridized carbons (Fsp3) is 0.516. The van der Waals surface area contributed by atoms with Crippen LogP contribution in [0.15, 0.2) is 197 Å². The van der Waals surface area contributed by atoms with Crippen molar-refractivity contribution in [2.24, 2.45) is 0 Å². The third-order valence-corrected chi connectivity index (χ3v) is 32.0. The summed E-state index contributed by atoms with van der Waals surface area (Å²) in [4.78, 5) is 2.78. The van der Waals surface area contributed by atoms with E-state index in [1.54, 1.807) is 44.5 Å². The lowest BCUT2D eigenvalue weighted by Gasteiger charge is -2.40. The second kappa shape index (κ2) is 44.0. The SMILES string of the molecule is CCCCCCCCC1(CCCCCCCC)c2cc(N(c3ccc(-c4ccccc4)cc3)c3ccc4c(c3)C(CCCCCCC)(CCCCCCC)c3c5c(c6c(oc7ccccc76)c3-4)-c3ccccc3C5(CCCCCCC)CCCCCCC)ccc2-c2cc3c(cc21)-c1c(ccc2oc4ccccc4c12)C3(CCCCCCCC)CCCCCCCC. The number of furan rings is 2. The van der Waals surface area contributed by atoms with Gasteiger partial charge in [0.2, 0.25) is 0 Å². The Morgan fingerprint density at radius 2 is 0.559 bits per heavy atom. The van der Waals surface area contributed by atoms with Crippen LogP contribution in [0.5, 0.6) is 0 Å². The highest BCUT2D eigenvalue weighted by molar-refractivity contribution is 6.21. The first-order valence-electron chi connectivity index (χ1n) is 53.2. The molecule has 127 heavy (non-hydrogen) atoms. The molecule has 0 radical (unpaired) electrons. The van der Waals surface area contributed by atoms with Crippen molar-refractivity contribution in [3.8, 4) is 55.6 Å². The molecule has 672 valence electrons. The molecule has 0 spiro atoms. The molecule has 3 heteroatoms.